The molecule has 3 rings (SSSR count). The molecule has 23 heavy (non-hydrogen) atoms. The standard InChI is InChI=1S/C14H13N3O5S/c1-8-2-3-11-10(4-8)9(5-13(18)21-11)6-23(19,20)7-12-16-17-14(15)22-12/h2-5H,6-7H2,1H3,(H2,15,17). The minimum Gasteiger partial charge on any atom is -0.423 e. The quantitative estimate of drug-likeness (QED) is 0.704. The molecule has 120 valence electrons. The first-order chi connectivity index (χ1) is 10.8. The van der Waals surface area contributed by atoms with Crippen molar-refractivity contribution >= 4 is 26.8 Å². The Labute approximate surface area is 130 Å². The van der Waals surface area contributed by atoms with Gasteiger partial charge in [0.1, 0.15) is 11.3 Å². The van der Waals surface area contributed by atoms with Crippen molar-refractivity contribution in [3.63, 3.8) is 0 Å². The predicted molar refractivity (Wildman–Crippen MR) is 82.3 cm³/mol. The lowest BCUT2D eigenvalue weighted by Gasteiger charge is -2.06. The predicted octanol–water partition coefficient (Wildman–Crippen LogP) is 1.18. The number of rotatable bonds is 4. The van der Waals surface area contributed by atoms with Crippen LogP contribution in [0.5, 0.6) is 0 Å². The van der Waals surface area contributed by atoms with Gasteiger partial charge in [0.05, 0.1) is 5.75 Å². The van der Waals surface area contributed by atoms with Crippen LogP contribution in [-0.2, 0) is 21.3 Å². The van der Waals surface area contributed by atoms with E-state index < -0.39 is 21.2 Å². The second kappa shape index (κ2) is 5.51. The molecule has 0 bridgehead atoms. The Hall–Kier alpha value is -2.68. The molecule has 2 heterocycles. The third kappa shape index (κ3) is 3.39. The molecule has 2 aromatic heterocycles. The summed E-state index contributed by atoms with van der Waals surface area (Å²) in [5.74, 6) is -0.892. The van der Waals surface area contributed by atoms with Crippen LogP contribution in [0.25, 0.3) is 11.0 Å². The second-order valence-corrected chi connectivity index (χ2v) is 7.22. The number of sulfone groups is 1. The molecule has 8 nitrogen and oxygen atoms in total. The third-order valence-corrected chi connectivity index (χ3v) is 4.62. The highest BCUT2D eigenvalue weighted by atomic mass is 32.2. The average Bonchev–Trinajstić information content (AvgIpc) is 2.83. The summed E-state index contributed by atoms with van der Waals surface area (Å²) in [5, 5.41) is 7.53. The molecule has 0 fully saturated rings. The normalized spacial score (nSPS) is 11.9. The van der Waals surface area contributed by atoms with E-state index in [4.69, 9.17) is 14.6 Å². The number of anilines is 1. The smallest absolute Gasteiger partial charge is 0.336 e. The summed E-state index contributed by atoms with van der Waals surface area (Å²) < 4.78 is 34.6. The van der Waals surface area contributed by atoms with Crippen molar-refractivity contribution in [2.24, 2.45) is 0 Å². The fourth-order valence-corrected chi connectivity index (χ4v) is 3.57. The van der Waals surface area contributed by atoms with Gasteiger partial charge in [0.25, 0.3) is 0 Å². The molecule has 0 saturated heterocycles. The Morgan fingerprint density at radius 1 is 1.13 bits per heavy atom. The SMILES string of the molecule is Cc1ccc2oc(=O)cc(CS(=O)(=O)Cc3nnc(N)o3)c2c1. The zero-order valence-electron chi connectivity index (χ0n) is 12.1. The van der Waals surface area contributed by atoms with E-state index in [0.29, 0.717) is 16.5 Å². The Balaban J connectivity index is 2.00. The van der Waals surface area contributed by atoms with Gasteiger partial charge in [-0.25, -0.2) is 13.2 Å². The number of benzene rings is 1. The number of hydrogen-bond acceptors (Lipinski definition) is 8. The van der Waals surface area contributed by atoms with Crippen molar-refractivity contribution in [3.05, 3.63) is 51.7 Å². The molecule has 0 spiro atoms. The maximum atomic E-state index is 12.3. The molecule has 0 atom stereocenters. The number of nitrogens with two attached hydrogens (primary N) is 1. The molecular weight excluding hydrogens is 322 g/mol. The highest BCUT2D eigenvalue weighted by molar-refractivity contribution is 7.89. The van der Waals surface area contributed by atoms with Crippen LogP contribution in [-0.4, -0.2) is 18.6 Å². The van der Waals surface area contributed by atoms with Crippen LogP contribution < -0.4 is 11.4 Å². The lowest BCUT2D eigenvalue weighted by molar-refractivity contribution is 0.522. The molecule has 0 radical (unpaired) electrons. The topological polar surface area (TPSA) is 129 Å². The summed E-state index contributed by atoms with van der Waals surface area (Å²) in [6.45, 7) is 1.87. The van der Waals surface area contributed by atoms with Gasteiger partial charge in [-0.2, -0.15) is 0 Å². The highest BCUT2D eigenvalue weighted by Crippen LogP contribution is 2.21. The van der Waals surface area contributed by atoms with E-state index in [1.807, 2.05) is 6.92 Å². The molecule has 0 unspecified atom stereocenters. The van der Waals surface area contributed by atoms with Crippen LogP contribution in [0.4, 0.5) is 6.01 Å². The average molecular weight is 335 g/mol. The van der Waals surface area contributed by atoms with Crippen molar-refractivity contribution in [2.75, 3.05) is 5.73 Å². The summed E-state index contributed by atoms with van der Waals surface area (Å²) in [4.78, 5) is 11.6. The van der Waals surface area contributed by atoms with Gasteiger partial charge >= 0.3 is 11.6 Å². The van der Waals surface area contributed by atoms with E-state index in [1.54, 1.807) is 18.2 Å². The molecule has 2 N–H and O–H groups in total. The molecule has 9 heteroatoms. The van der Waals surface area contributed by atoms with E-state index in [1.165, 1.54) is 6.07 Å². The van der Waals surface area contributed by atoms with E-state index in [2.05, 4.69) is 10.2 Å². The van der Waals surface area contributed by atoms with Gasteiger partial charge in [-0.3, -0.25) is 0 Å². The Morgan fingerprint density at radius 3 is 2.61 bits per heavy atom. The van der Waals surface area contributed by atoms with Crippen molar-refractivity contribution in [1.29, 1.82) is 0 Å². The number of fused-ring (bicyclic) bond motifs is 1. The van der Waals surface area contributed by atoms with E-state index in [0.717, 1.165) is 5.56 Å². The van der Waals surface area contributed by atoms with Gasteiger partial charge in [-0.05, 0) is 24.6 Å². The number of aromatic nitrogens is 2. The fraction of sp³-hybridized carbons (Fsp3) is 0.214. The minimum absolute atomic E-state index is 0.0917. The highest BCUT2D eigenvalue weighted by Gasteiger charge is 2.19. The van der Waals surface area contributed by atoms with E-state index in [9.17, 15) is 13.2 Å². The van der Waals surface area contributed by atoms with Crippen LogP contribution in [0, 0.1) is 6.92 Å². The molecule has 0 amide bonds. The fourth-order valence-electron chi connectivity index (χ4n) is 2.26. The lowest BCUT2D eigenvalue weighted by atomic mass is 10.1. The number of nitrogens with zero attached hydrogens (tertiary/aromatic N) is 2. The summed E-state index contributed by atoms with van der Waals surface area (Å²) in [5.41, 5.74) is 6.31. The maximum Gasteiger partial charge on any atom is 0.336 e. The van der Waals surface area contributed by atoms with Gasteiger partial charge in [0, 0.05) is 11.5 Å². The number of hydrogen-bond donors (Lipinski definition) is 1. The van der Waals surface area contributed by atoms with Gasteiger partial charge < -0.3 is 14.6 Å². The van der Waals surface area contributed by atoms with Crippen LogP contribution in [0.15, 0.2) is 37.9 Å². The van der Waals surface area contributed by atoms with Gasteiger partial charge in [-0.1, -0.05) is 16.7 Å². The molecule has 0 aliphatic heterocycles. The van der Waals surface area contributed by atoms with Crippen LogP contribution in [0.1, 0.15) is 17.0 Å². The van der Waals surface area contributed by atoms with Crippen molar-refractivity contribution < 1.29 is 17.3 Å². The van der Waals surface area contributed by atoms with E-state index in [-0.39, 0.29) is 17.7 Å². The molecule has 3 aromatic rings. The zero-order chi connectivity index (χ0) is 16.6. The first-order valence-electron chi connectivity index (χ1n) is 6.64. The van der Waals surface area contributed by atoms with Gasteiger partial charge in [0.2, 0.25) is 5.89 Å². The summed E-state index contributed by atoms with van der Waals surface area (Å²) in [7, 11) is -3.63. The Bertz CT molecular complexity index is 1040. The van der Waals surface area contributed by atoms with Gasteiger partial charge in [0.15, 0.2) is 9.84 Å². The first-order valence-corrected chi connectivity index (χ1v) is 8.46. The summed E-state index contributed by atoms with van der Waals surface area (Å²) >= 11 is 0. The maximum absolute atomic E-state index is 12.3. The monoisotopic (exact) mass is 335 g/mol. The molecule has 0 aliphatic carbocycles. The van der Waals surface area contributed by atoms with Crippen LogP contribution >= 0.6 is 0 Å². The van der Waals surface area contributed by atoms with Crippen molar-refractivity contribution in [2.45, 2.75) is 18.4 Å². The van der Waals surface area contributed by atoms with Gasteiger partial charge in [-0.15, -0.1) is 5.10 Å². The molecular formula is C14H13N3O5S. The van der Waals surface area contributed by atoms with Crippen LogP contribution in [0.2, 0.25) is 0 Å². The molecule has 0 saturated carbocycles. The van der Waals surface area contributed by atoms with Crippen molar-refractivity contribution in [1.82, 2.24) is 10.2 Å². The summed E-state index contributed by atoms with van der Waals surface area (Å²) in [6.07, 6.45) is 0. The number of aryl methyl sites for hydroxylation is 1. The van der Waals surface area contributed by atoms with Crippen molar-refractivity contribution in [3.8, 4) is 0 Å². The van der Waals surface area contributed by atoms with Crippen LogP contribution in [0.3, 0.4) is 0 Å². The van der Waals surface area contributed by atoms with E-state index >= 15 is 0 Å². The first kappa shape index (κ1) is 15.2. The zero-order valence-corrected chi connectivity index (χ0v) is 13.0. The lowest BCUT2D eigenvalue weighted by Crippen LogP contribution is -2.10. The Kier molecular flexibility index (Phi) is 3.64. The molecule has 1 aromatic carbocycles. The minimum atomic E-state index is -3.63. The number of nitrogen functional groups attached to an aromatic ring is 1. The summed E-state index contributed by atoms with van der Waals surface area (Å²) in [6, 6.07) is 6.18. The molecule has 0 aliphatic rings. The second-order valence-electron chi connectivity index (χ2n) is 5.16. The third-order valence-electron chi connectivity index (χ3n) is 3.18. The largest absolute Gasteiger partial charge is 0.423 e. The Morgan fingerprint density at radius 2 is 1.91 bits per heavy atom.